The number of hydrogen-bond acceptors (Lipinski definition) is 3. The molecule has 5 nitrogen and oxygen atoms in total. The van der Waals surface area contributed by atoms with Gasteiger partial charge < -0.3 is 16.0 Å². The Hall–Kier alpha value is -2.56. The topological polar surface area (TPSA) is 66.0 Å². The van der Waals surface area contributed by atoms with Crippen LogP contribution in [0.25, 0.3) is 0 Å². The van der Waals surface area contributed by atoms with E-state index in [1.807, 2.05) is 30.3 Å². The maximum atomic E-state index is 11.6. The zero-order chi connectivity index (χ0) is 14.5. The molecule has 0 aliphatic heterocycles. The first-order valence-corrected chi connectivity index (χ1v) is 7.11. The largest absolute Gasteiger partial charge is 0.366 e. The van der Waals surface area contributed by atoms with E-state index in [1.165, 1.54) is 5.56 Å². The fraction of sp³-hybridized carbons (Fsp3) is 0.250. The molecule has 1 aliphatic rings. The van der Waals surface area contributed by atoms with Crippen LogP contribution in [0.15, 0.2) is 48.7 Å². The average Bonchev–Trinajstić information content (AvgIpc) is 3.31. The number of urea groups is 1. The van der Waals surface area contributed by atoms with Crippen LogP contribution in [0.1, 0.15) is 18.4 Å². The number of carbonyl (C=O) groups is 1. The van der Waals surface area contributed by atoms with Gasteiger partial charge in [-0.2, -0.15) is 0 Å². The van der Waals surface area contributed by atoms with Gasteiger partial charge in [-0.3, -0.25) is 0 Å². The minimum Gasteiger partial charge on any atom is -0.366 e. The molecule has 1 fully saturated rings. The van der Waals surface area contributed by atoms with Crippen LogP contribution < -0.4 is 16.0 Å². The van der Waals surface area contributed by atoms with Crippen molar-refractivity contribution in [2.45, 2.75) is 25.4 Å². The van der Waals surface area contributed by atoms with Crippen LogP contribution in [0.3, 0.4) is 0 Å². The van der Waals surface area contributed by atoms with Gasteiger partial charge in [0.15, 0.2) is 0 Å². The first-order valence-electron chi connectivity index (χ1n) is 7.11. The zero-order valence-electron chi connectivity index (χ0n) is 11.7. The van der Waals surface area contributed by atoms with Gasteiger partial charge in [-0.1, -0.05) is 30.3 Å². The summed E-state index contributed by atoms with van der Waals surface area (Å²) in [6, 6.07) is 14.0. The Kier molecular flexibility index (Phi) is 4.00. The Morgan fingerprint density at radius 3 is 2.62 bits per heavy atom. The molecule has 0 saturated heterocycles. The van der Waals surface area contributed by atoms with E-state index in [1.54, 1.807) is 6.20 Å². The molecule has 3 N–H and O–H groups in total. The van der Waals surface area contributed by atoms with Gasteiger partial charge in [0.25, 0.3) is 0 Å². The van der Waals surface area contributed by atoms with E-state index in [0.717, 1.165) is 25.2 Å². The number of amides is 2. The highest BCUT2D eigenvalue weighted by molar-refractivity contribution is 5.89. The van der Waals surface area contributed by atoms with Gasteiger partial charge in [0, 0.05) is 12.6 Å². The van der Waals surface area contributed by atoms with Crippen molar-refractivity contribution in [1.29, 1.82) is 0 Å². The van der Waals surface area contributed by atoms with E-state index >= 15 is 0 Å². The maximum Gasteiger partial charge on any atom is 0.319 e. The Morgan fingerprint density at radius 1 is 1.14 bits per heavy atom. The van der Waals surface area contributed by atoms with E-state index in [-0.39, 0.29) is 6.03 Å². The SMILES string of the molecule is O=C(Nc1ccc(NCc2ccccc2)nc1)NC1CC1. The van der Waals surface area contributed by atoms with Crippen LogP contribution in [0.5, 0.6) is 0 Å². The van der Waals surface area contributed by atoms with Crippen molar-refractivity contribution < 1.29 is 4.79 Å². The number of pyridine rings is 1. The van der Waals surface area contributed by atoms with Crippen LogP contribution in [0.4, 0.5) is 16.3 Å². The molecule has 0 spiro atoms. The van der Waals surface area contributed by atoms with Crippen LogP contribution in [-0.2, 0) is 6.54 Å². The molecule has 1 aromatic heterocycles. The highest BCUT2D eigenvalue weighted by Crippen LogP contribution is 2.19. The summed E-state index contributed by atoms with van der Waals surface area (Å²) in [6.45, 7) is 0.725. The van der Waals surface area contributed by atoms with Gasteiger partial charge in [-0.25, -0.2) is 9.78 Å². The van der Waals surface area contributed by atoms with Gasteiger partial charge in [0.05, 0.1) is 11.9 Å². The summed E-state index contributed by atoms with van der Waals surface area (Å²) >= 11 is 0. The summed E-state index contributed by atoms with van der Waals surface area (Å²) < 4.78 is 0. The molecule has 0 unspecified atom stereocenters. The Labute approximate surface area is 123 Å². The molecule has 0 radical (unpaired) electrons. The molecule has 3 rings (SSSR count). The van der Waals surface area contributed by atoms with E-state index in [9.17, 15) is 4.79 Å². The molecule has 0 atom stereocenters. The first kappa shape index (κ1) is 13.4. The van der Waals surface area contributed by atoms with Crippen molar-refractivity contribution in [3.8, 4) is 0 Å². The third-order valence-corrected chi connectivity index (χ3v) is 3.25. The molecule has 21 heavy (non-hydrogen) atoms. The second-order valence-corrected chi connectivity index (χ2v) is 5.14. The number of nitrogens with one attached hydrogen (secondary N) is 3. The number of carbonyl (C=O) groups excluding carboxylic acids is 1. The lowest BCUT2D eigenvalue weighted by Crippen LogP contribution is -2.30. The second kappa shape index (κ2) is 6.26. The predicted molar refractivity (Wildman–Crippen MR) is 83.2 cm³/mol. The first-order chi connectivity index (χ1) is 10.3. The van der Waals surface area contributed by atoms with Crippen molar-refractivity contribution in [1.82, 2.24) is 10.3 Å². The van der Waals surface area contributed by atoms with Crippen molar-refractivity contribution in [3.63, 3.8) is 0 Å². The van der Waals surface area contributed by atoms with Crippen LogP contribution in [0, 0.1) is 0 Å². The summed E-state index contributed by atoms with van der Waals surface area (Å²) in [7, 11) is 0. The fourth-order valence-corrected chi connectivity index (χ4v) is 1.94. The van der Waals surface area contributed by atoms with Crippen molar-refractivity contribution in [3.05, 3.63) is 54.2 Å². The summed E-state index contributed by atoms with van der Waals surface area (Å²) in [5.41, 5.74) is 1.89. The molecule has 1 aromatic carbocycles. The normalized spacial score (nSPS) is 13.5. The van der Waals surface area contributed by atoms with Crippen LogP contribution in [0.2, 0.25) is 0 Å². The molecule has 5 heteroatoms. The lowest BCUT2D eigenvalue weighted by atomic mass is 10.2. The average molecular weight is 282 g/mol. The molecule has 2 amide bonds. The van der Waals surface area contributed by atoms with E-state index in [2.05, 4.69) is 33.1 Å². The molecule has 0 bridgehead atoms. The molecule has 1 saturated carbocycles. The summed E-state index contributed by atoms with van der Waals surface area (Å²) in [5.74, 6) is 0.784. The van der Waals surface area contributed by atoms with Gasteiger partial charge in [0.2, 0.25) is 0 Å². The molecular formula is C16H18N4O. The quantitative estimate of drug-likeness (QED) is 0.790. The molecule has 1 heterocycles. The molecule has 1 aliphatic carbocycles. The van der Waals surface area contributed by atoms with Gasteiger partial charge in [-0.15, -0.1) is 0 Å². The molecule has 108 valence electrons. The van der Waals surface area contributed by atoms with Crippen molar-refractivity contribution in [2.24, 2.45) is 0 Å². The maximum absolute atomic E-state index is 11.6. The summed E-state index contributed by atoms with van der Waals surface area (Å²) in [6.07, 6.45) is 3.81. The highest BCUT2D eigenvalue weighted by atomic mass is 16.2. The standard InChI is InChI=1S/C16H18N4O/c21-16(19-13-6-7-13)20-14-8-9-15(18-11-14)17-10-12-4-2-1-3-5-12/h1-5,8-9,11,13H,6-7,10H2,(H,17,18)(H2,19,20,21). The minimum absolute atomic E-state index is 0.163. The third kappa shape index (κ3) is 4.21. The Balaban J connectivity index is 1.50. The number of rotatable bonds is 5. The van der Waals surface area contributed by atoms with Crippen LogP contribution >= 0.6 is 0 Å². The molecular weight excluding hydrogens is 264 g/mol. The summed E-state index contributed by atoms with van der Waals surface area (Å²) in [4.78, 5) is 15.9. The van der Waals surface area contributed by atoms with Gasteiger partial charge in [-0.05, 0) is 30.5 Å². The van der Waals surface area contributed by atoms with E-state index in [0.29, 0.717) is 11.7 Å². The van der Waals surface area contributed by atoms with Gasteiger partial charge in [0.1, 0.15) is 5.82 Å². The monoisotopic (exact) mass is 282 g/mol. The molecule has 2 aromatic rings. The van der Waals surface area contributed by atoms with E-state index < -0.39 is 0 Å². The summed E-state index contributed by atoms with van der Waals surface area (Å²) in [5, 5.41) is 8.89. The number of benzene rings is 1. The zero-order valence-corrected chi connectivity index (χ0v) is 11.7. The van der Waals surface area contributed by atoms with Crippen molar-refractivity contribution in [2.75, 3.05) is 10.6 Å². The lowest BCUT2D eigenvalue weighted by Gasteiger charge is -2.08. The van der Waals surface area contributed by atoms with Gasteiger partial charge >= 0.3 is 6.03 Å². The van der Waals surface area contributed by atoms with Crippen LogP contribution in [-0.4, -0.2) is 17.1 Å². The number of anilines is 2. The Morgan fingerprint density at radius 2 is 1.95 bits per heavy atom. The third-order valence-electron chi connectivity index (χ3n) is 3.25. The lowest BCUT2D eigenvalue weighted by molar-refractivity contribution is 0.251. The smallest absolute Gasteiger partial charge is 0.319 e. The minimum atomic E-state index is -0.163. The number of aromatic nitrogens is 1. The number of nitrogens with zero attached hydrogens (tertiary/aromatic N) is 1. The highest BCUT2D eigenvalue weighted by Gasteiger charge is 2.23. The van der Waals surface area contributed by atoms with Crippen molar-refractivity contribution >= 4 is 17.5 Å². The second-order valence-electron chi connectivity index (χ2n) is 5.14. The fourth-order valence-electron chi connectivity index (χ4n) is 1.94. The Bertz CT molecular complexity index is 593. The predicted octanol–water partition coefficient (Wildman–Crippen LogP) is 2.98. The number of hydrogen-bond donors (Lipinski definition) is 3. The van der Waals surface area contributed by atoms with E-state index in [4.69, 9.17) is 0 Å².